The van der Waals surface area contributed by atoms with Crippen LogP contribution in [-0.2, 0) is 20.0 Å². The molecule has 156 valence electrons. The molecule has 7 heteroatoms. The number of carbonyl (C=O) groups excluding carboxylic acids is 1. The standard InChI is InChI=1S/C22H27FN2O3S/c1-22(2,18-10-6-7-11-19(18)23)16-24-21(26)20(17-8-4-3-5-9-17)25-12-14-29(27,28)15-13-25/h3-11,20H,12-16H2,1-2H3,(H,24,26). The molecular weight excluding hydrogens is 391 g/mol. The monoisotopic (exact) mass is 418 g/mol. The molecule has 1 aliphatic heterocycles. The van der Waals surface area contributed by atoms with E-state index in [1.165, 1.54) is 6.07 Å². The average molecular weight is 419 g/mol. The minimum absolute atomic E-state index is 0.0460. The number of rotatable bonds is 6. The molecule has 1 aliphatic rings. The van der Waals surface area contributed by atoms with Gasteiger partial charge in [-0.1, -0.05) is 62.4 Å². The van der Waals surface area contributed by atoms with Gasteiger partial charge in [0.25, 0.3) is 0 Å². The second-order valence-corrected chi connectivity index (χ2v) is 10.4. The van der Waals surface area contributed by atoms with E-state index < -0.39 is 21.3 Å². The number of benzene rings is 2. The van der Waals surface area contributed by atoms with Gasteiger partial charge < -0.3 is 5.32 Å². The second kappa shape index (κ2) is 8.63. The summed E-state index contributed by atoms with van der Waals surface area (Å²) < 4.78 is 37.8. The van der Waals surface area contributed by atoms with Gasteiger partial charge in [-0.2, -0.15) is 0 Å². The van der Waals surface area contributed by atoms with E-state index in [-0.39, 0.29) is 29.8 Å². The molecule has 0 bridgehead atoms. The predicted molar refractivity (Wildman–Crippen MR) is 112 cm³/mol. The zero-order chi connectivity index (χ0) is 21.1. The maximum absolute atomic E-state index is 14.2. The van der Waals surface area contributed by atoms with E-state index in [9.17, 15) is 17.6 Å². The quantitative estimate of drug-likeness (QED) is 0.783. The van der Waals surface area contributed by atoms with Crippen molar-refractivity contribution >= 4 is 15.7 Å². The fourth-order valence-electron chi connectivity index (χ4n) is 3.66. The SMILES string of the molecule is CC(C)(CNC(=O)C(c1ccccc1)N1CCS(=O)(=O)CC1)c1ccccc1F. The molecule has 1 heterocycles. The fourth-order valence-corrected chi connectivity index (χ4v) is 4.89. The summed E-state index contributed by atoms with van der Waals surface area (Å²) in [5, 5.41) is 2.97. The number of hydrogen-bond donors (Lipinski definition) is 1. The Balaban J connectivity index is 1.78. The van der Waals surface area contributed by atoms with Crippen LogP contribution in [0.4, 0.5) is 4.39 Å². The summed E-state index contributed by atoms with van der Waals surface area (Å²) in [6, 6.07) is 15.3. The molecule has 1 atom stereocenters. The molecule has 0 saturated carbocycles. The minimum Gasteiger partial charge on any atom is -0.354 e. The Hall–Kier alpha value is -2.25. The molecule has 0 aliphatic carbocycles. The number of amides is 1. The molecular formula is C22H27FN2O3S. The highest BCUT2D eigenvalue weighted by molar-refractivity contribution is 7.91. The lowest BCUT2D eigenvalue weighted by Crippen LogP contribution is -2.49. The van der Waals surface area contributed by atoms with Crippen LogP contribution in [0.5, 0.6) is 0 Å². The maximum atomic E-state index is 14.2. The Labute approximate surface area is 171 Å². The predicted octanol–water partition coefficient (Wildman–Crippen LogP) is 2.69. The van der Waals surface area contributed by atoms with Crippen molar-refractivity contribution in [2.24, 2.45) is 0 Å². The molecule has 1 fully saturated rings. The lowest BCUT2D eigenvalue weighted by atomic mass is 9.84. The van der Waals surface area contributed by atoms with E-state index >= 15 is 0 Å². The minimum atomic E-state index is -3.05. The Bertz CT molecular complexity index is 947. The second-order valence-electron chi connectivity index (χ2n) is 8.08. The van der Waals surface area contributed by atoms with Gasteiger partial charge in [0.15, 0.2) is 9.84 Å². The summed E-state index contributed by atoms with van der Waals surface area (Å²) in [4.78, 5) is 15.1. The van der Waals surface area contributed by atoms with Gasteiger partial charge >= 0.3 is 0 Å². The van der Waals surface area contributed by atoms with Gasteiger partial charge in [-0.05, 0) is 17.2 Å². The molecule has 1 N–H and O–H groups in total. The van der Waals surface area contributed by atoms with E-state index in [0.717, 1.165) is 5.56 Å². The van der Waals surface area contributed by atoms with E-state index in [1.807, 2.05) is 49.1 Å². The van der Waals surface area contributed by atoms with E-state index in [1.54, 1.807) is 18.2 Å². The van der Waals surface area contributed by atoms with Crippen LogP contribution < -0.4 is 5.32 Å². The third-order valence-corrected chi connectivity index (χ3v) is 7.02. The van der Waals surface area contributed by atoms with Crippen molar-refractivity contribution < 1.29 is 17.6 Å². The van der Waals surface area contributed by atoms with Crippen molar-refractivity contribution in [3.05, 3.63) is 71.5 Å². The Morgan fingerprint density at radius 1 is 1.07 bits per heavy atom. The summed E-state index contributed by atoms with van der Waals surface area (Å²) in [6.45, 7) is 4.66. The largest absolute Gasteiger partial charge is 0.354 e. The normalized spacial score (nSPS) is 18.2. The third kappa shape index (κ3) is 5.22. The van der Waals surface area contributed by atoms with Gasteiger partial charge in [0.05, 0.1) is 11.5 Å². The number of nitrogens with one attached hydrogen (secondary N) is 1. The van der Waals surface area contributed by atoms with Crippen LogP contribution in [0.25, 0.3) is 0 Å². The van der Waals surface area contributed by atoms with Crippen LogP contribution in [0, 0.1) is 5.82 Å². The molecule has 1 amide bonds. The van der Waals surface area contributed by atoms with Crippen molar-refractivity contribution in [1.82, 2.24) is 10.2 Å². The lowest BCUT2D eigenvalue weighted by Gasteiger charge is -2.35. The van der Waals surface area contributed by atoms with Crippen LogP contribution in [0.2, 0.25) is 0 Å². The van der Waals surface area contributed by atoms with E-state index in [4.69, 9.17) is 0 Å². The summed E-state index contributed by atoms with van der Waals surface area (Å²) in [5.74, 6) is -0.415. The first-order valence-electron chi connectivity index (χ1n) is 9.72. The number of hydrogen-bond acceptors (Lipinski definition) is 4. The molecule has 0 spiro atoms. The highest BCUT2D eigenvalue weighted by atomic mass is 32.2. The number of sulfone groups is 1. The number of halogens is 1. The topological polar surface area (TPSA) is 66.5 Å². The molecule has 2 aromatic rings. The molecule has 2 aromatic carbocycles. The van der Waals surface area contributed by atoms with Crippen molar-refractivity contribution in [3.63, 3.8) is 0 Å². The molecule has 29 heavy (non-hydrogen) atoms. The zero-order valence-corrected chi connectivity index (χ0v) is 17.6. The average Bonchev–Trinajstić information content (AvgIpc) is 2.69. The van der Waals surface area contributed by atoms with Gasteiger partial charge in [-0.3, -0.25) is 9.69 Å². The van der Waals surface area contributed by atoms with Gasteiger partial charge in [0.2, 0.25) is 5.91 Å². The first kappa shape index (κ1) is 21.5. The Kier molecular flexibility index (Phi) is 6.39. The molecule has 1 saturated heterocycles. The molecule has 5 nitrogen and oxygen atoms in total. The molecule has 0 radical (unpaired) electrons. The van der Waals surface area contributed by atoms with Gasteiger partial charge in [-0.25, -0.2) is 12.8 Å². The summed E-state index contributed by atoms with van der Waals surface area (Å²) >= 11 is 0. The highest BCUT2D eigenvalue weighted by Crippen LogP contribution is 2.27. The Morgan fingerprint density at radius 3 is 2.28 bits per heavy atom. The van der Waals surface area contributed by atoms with Crippen molar-refractivity contribution in [3.8, 4) is 0 Å². The Morgan fingerprint density at radius 2 is 1.66 bits per heavy atom. The lowest BCUT2D eigenvalue weighted by molar-refractivity contribution is -0.126. The van der Waals surface area contributed by atoms with Gasteiger partial charge in [0.1, 0.15) is 11.9 Å². The van der Waals surface area contributed by atoms with Crippen LogP contribution in [-0.4, -0.2) is 50.4 Å². The van der Waals surface area contributed by atoms with Crippen molar-refractivity contribution in [2.45, 2.75) is 25.3 Å². The third-order valence-electron chi connectivity index (χ3n) is 5.42. The molecule has 3 rings (SSSR count). The van der Waals surface area contributed by atoms with Gasteiger partial charge in [-0.15, -0.1) is 0 Å². The van der Waals surface area contributed by atoms with Crippen molar-refractivity contribution in [2.75, 3.05) is 31.1 Å². The van der Waals surface area contributed by atoms with E-state index in [2.05, 4.69) is 5.32 Å². The summed E-state index contributed by atoms with van der Waals surface area (Å²) in [7, 11) is -3.05. The van der Waals surface area contributed by atoms with Crippen LogP contribution in [0.3, 0.4) is 0 Å². The smallest absolute Gasteiger partial charge is 0.241 e. The van der Waals surface area contributed by atoms with Gasteiger partial charge in [0, 0.05) is 25.0 Å². The number of nitrogens with zero attached hydrogens (tertiary/aromatic N) is 1. The summed E-state index contributed by atoms with van der Waals surface area (Å²) in [5.41, 5.74) is 0.765. The van der Waals surface area contributed by atoms with Crippen LogP contribution in [0.1, 0.15) is 31.0 Å². The highest BCUT2D eigenvalue weighted by Gasteiger charge is 2.33. The summed E-state index contributed by atoms with van der Waals surface area (Å²) in [6.07, 6.45) is 0. The van der Waals surface area contributed by atoms with Crippen LogP contribution >= 0.6 is 0 Å². The molecule has 0 aromatic heterocycles. The molecule has 1 unspecified atom stereocenters. The first-order valence-corrected chi connectivity index (χ1v) is 11.5. The van der Waals surface area contributed by atoms with Crippen LogP contribution in [0.15, 0.2) is 54.6 Å². The van der Waals surface area contributed by atoms with Crippen molar-refractivity contribution in [1.29, 1.82) is 0 Å². The zero-order valence-electron chi connectivity index (χ0n) is 16.8. The first-order chi connectivity index (χ1) is 13.7. The number of carbonyl (C=O) groups is 1. The van der Waals surface area contributed by atoms with E-state index in [0.29, 0.717) is 18.7 Å². The fraction of sp³-hybridized carbons (Fsp3) is 0.409. The maximum Gasteiger partial charge on any atom is 0.241 e.